The fourth-order valence-electron chi connectivity index (χ4n) is 3.60. The first-order chi connectivity index (χ1) is 11.2. The Morgan fingerprint density at radius 3 is 2.48 bits per heavy atom. The lowest BCUT2D eigenvalue weighted by Crippen LogP contribution is -2.45. The number of piperidine rings is 1. The molecule has 122 valence electrons. The molecule has 0 aromatic heterocycles. The average molecular weight is 315 g/mol. The predicted molar refractivity (Wildman–Crippen MR) is 85.3 cm³/mol. The van der Waals surface area contributed by atoms with Crippen LogP contribution in [-0.2, 0) is 11.3 Å². The molecule has 3 rings (SSSR count). The number of hydrogen-bond acceptors (Lipinski definition) is 3. The molecule has 1 amide bonds. The molecule has 2 fully saturated rings. The van der Waals surface area contributed by atoms with E-state index in [-0.39, 0.29) is 24.5 Å². The molecule has 0 radical (unpaired) electrons. The molecule has 1 aromatic carbocycles. The molecule has 0 N–H and O–H groups in total. The van der Waals surface area contributed by atoms with Gasteiger partial charge in [0, 0.05) is 44.6 Å². The number of carbonyl (C=O) groups is 1. The minimum atomic E-state index is -0.389. The van der Waals surface area contributed by atoms with E-state index in [0.717, 1.165) is 32.5 Å². The molecular weight excluding hydrogens is 293 g/mol. The number of carbonyl (C=O) groups excluding carboxylic acids is 1. The van der Waals surface area contributed by atoms with Crippen LogP contribution < -0.4 is 0 Å². The van der Waals surface area contributed by atoms with E-state index in [9.17, 15) is 9.18 Å². The Labute approximate surface area is 136 Å². The molecule has 2 heterocycles. The van der Waals surface area contributed by atoms with Crippen LogP contribution >= 0.6 is 0 Å². The van der Waals surface area contributed by atoms with Gasteiger partial charge >= 0.3 is 0 Å². The first kappa shape index (κ1) is 15.9. The standard InChI is InChI=1S/C18H22FN3O/c19-10-16-9-18(23)22(13-16)17-5-7-21(8-6-17)12-15-3-1-14(11-20)2-4-15/h1-4,16-17H,5-10,12-13H2. The summed E-state index contributed by atoms with van der Waals surface area (Å²) in [6, 6.07) is 10.1. The molecule has 4 nitrogen and oxygen atoms in total. The van der Waals surface area contributed by atoms with Gasteiger partial charge < -0.3 is 4.90 Å². The number of alkyl halides is 1. The van der Waals surface area contributed by atoms with E-state index in [4.69, 9.17) is 5.26 Å². The molecule has 2 aliphatic rings. The smallest absolute Gasteiger partial charge is 0.223 e. The number of nitrogens with zero attached hydrogens (tertiary/aromatic N) is 3. The van der Waals surface area contributed by atoms with E-state index in [0.29, 0.717) is 18.5 Å². The summed E-state index contributed by atoms with van der Waals surface area (Å²) in [5, 5.41) is 8.82. The first-order valence-corrected chi connectivity index (χ1v) is 8.26. The molecular formula is C18H22FN3O. The van der Waals surface area contributed by atoms with Gasteiger partial charge in [-0.2, -0.15) is 5.26 Å². The van der Waals surface area contributed by atoms with Crippen molar-refractivity contribution in [3.63, 3.8) is 0 Å². The maximum Gasteiger partial charge on any atom is 0.223 e. The molecule has 1 unspecified atom stereocenters. The Balaban J connectivity index is 1.50. The Morgan fingerprint density at radius 1 is 1.22 bits per heavy atom. The Kier molecular flexibility index (Phi) is 4.92. The van der Waals surface area contributed by atoms with Crippen molar-refractivity contribution >= 4 is 5.91 Å². The van der Waals surface area contributed by atoms with Crippen LogP contribution in [0.4, 0.5) is 4.39 Å². The monoisotopic (exact) mass is 315 g/mol. The highest BCUT2D eigenvalue weighted by Crippen LogP contribution is 2.26. The molecule has 5 heteroatoms. The predicted octanol–water partition coefficient (Wildman–Crippen LogP) is 2.34. The number of benzene rings is 1. The first-order valence-electron chi connectivity index (χ1n) is 8.26. The van der Waals surface area contributed by atoms with Crippen LogP contribution in [0, 0.1) is 17.2 Å². The van der Waals surface area contributed by atoms with Gasteiger partial charge in [0.15, 0.2) is 0 Å². The van der Waals surface area contributed by atoms with Crippen molar-refractivity contribution in [2.45, 2.75) is 31.8 Å². The fourth-order valence-corrected chi connectivity index (χ4v) is 3.60. The summed E-state index contributed by atoms with van der Waals surface area (Å²) < 4.78 is 12.8. The normalized spacial score (nSPS) is 23.2. The third kappa shape index (κ3) is 3.70. The minimum Gasteiger partial charge on any atom is -0.339 e. The third-order valence-electron chi connectivity index (χ3n) is 4.94. The zero-order valence-corrected chi connectivity index (χ0v) is 13.2. The van der Waals surface area contributed by atoms with Gasteiger partial charge in [0.25, 0.3) is 0 Å². The van der Waals surface area contributed by atoms with Gasteiger partial charge in [0.1, 0.15) is 0 Å². The summed E-state index contributed by atoms with van der Waals surface area (Å²) in [6.45, 7) is 2.98. The summed E-state index contributed by atoms with van der Waals surface area (Å²) in [7, 11) is 0. The zero-order valence-electron chi connectivity index (χ0n) is 13.2. The second-order valence-corrected chi connectivity index (χ2v) is 6.59. The Morgan fingerprint density at radius 2 is 1.91 bits per heavy atom. The van der Waals surface area contributed by atoms with E-state index in [1.54, 1.807) is 0 Å². The topological polar surface area (TPSA) is 47.3 Å². The number of hydrogen-bond donors (Lipinski definition) is 0. The van der Waals surface area contributed by atoms with E-state index in [2.05, 4.69) is 11.0 Å². The number of nitriles is 1. The highest BCUT2D eigenvalue weighted by atomic mass is 19.1. The van der Waals surface area contributed by atoms with Gasteiger partial charge in [-0.15, -0.1) is 0 Å². The van der Waals surface area contributed by atoms with Crippen LogP contribution in [0.15, 0.2) is 24.3 Å². The molecule has 23 heavy (non-hydrogen) atoms. The van der Waals surface area contributed by atoms with Crippen LogP contribution in [0.3, 0.4) is 0 Å². The van der Waals surface area contributed by atoms with Gasteiger partial charge in [-0.05, 0) is 30.5 Å². The van der Waals surface area contributed by atoms with Gasteiger partial charge in [0.2, 0.25) is 5.91 Å². The van der Waals surface area contributed by atoms with Gasteiger partial charge in [0.05, 0.1) is 18.3 Å². The fraction of sp³-hybridized carbons (Fsp3) is 0.556. The molecule has 1 aromatic rings. The van der Waals surface area contributed by atoms with E-state index >= 15 is 0 Å². The second kappa shape index (κ2) is 7.10. The summed E-state index contributed by atoms with van der Waals surface area (Å²) in [5.74, 6) is 0.0253. The summed E-state index contributed by atoms with van der Waals surface area (Å²) in [4.78, 5) is 16.3. The van der Waals surface area contributed by atoms with Crippen molar-refractivity contribution in [3.05, 3.63) is 35.4 Å². The van der Waals surface area contributed by atoms with Crippen molar-refractivity contribution in [1.82, 2.24) is 9.80 Å². The molecule has 0 aliphatic carbocycles. The summed E-state index contributed by atoms with van der Waals surface area (Å²) >= 11 is 0. The SMILES string of the molecule is N#Cc1ccc(CN2CCC(N3CC(CF)CC3=O)CC2)cc1. The lowest BCUT2D eigenvalue weighted by atomic mass is 10.0. The third-order valence-corrected chi connectivity index (χ3v) is 4.94. The molecule has 0 spiro atoms. The van der Waals surface area contributed by atoms with Crippen molar-refractivity contribution in [2.75, 3.05) is 26.3 Å². The van der Waals surface area contributed by atoms with Crippen LogP contribution in [0.25, 0.3) is 0 Å². The second-order valence-electron chi connectivity index (χ2n) is 6.59. The van der Waals surface area contributed by atoms with Gasteiger partial charge in [-0.1, -0.05) is 12.1 Å². The van der Waals surface area contributed by atoms with E-state index < -0.39 is 0 Å². The Hall–Kier alpha value is -1.93. The van der Waals surface area contributed by atoms with Crippen molar-refractivity contribution < 1.29 is 9.18 Å². The number of likely N-dealkylation sites (tertiary alicyclic amines) is 2. The van der Waals surface area contributed by atoms with Gasteiger partial charge in [-0.3, -0.25) is 14.1 Å². The van der Waals surface area contributed by atoms with Crippen molar-refractivity contribution in [2.24, 2.45) is 5.92 Å². The van der Waals surface area contributed by atoms with Crippen molar-refractivity contribution in [3.8, 4) is 6.07 Å². The van der Waals surface area contributed by atoms with Crippen LogP contribution in [0.2, 0.25) is 0 Å². The number of halogens is 1. The number of rotatable bonds is 4. The van der Waals surface area contributed by atoms with Crippen LogP contribution in [-0.4, -0.2) is 48.1 Å². The van der Waals surface area contributed by atoms with E-state index in [1.807, 2.05) is 29.2 Å². The van der Waals surface area contributed by atoms with Crippen molar-refractivity contribution in [1.29, 1.82) is 5.26 Å². The number of amides is 1. The molecule has 0 saturated carbocycles. The highest BCUT2D eigenvalue weighted by molar-refractivity contribution is 5.79. The molecule has 1 atom stereocenters. The Bertz CT molecular complexity index is 587. The molecule has 0 bridgehead atoms. The lowest BCUT2D eigenvalue weighted by Gasteiger charge is -2.36. The lowest BCUT2D eigenvalue weighted by molar-refractivity contribution is -0.130. The average Bonchev–Trinajstić information content (AvgIpc) is 2.97. The van der Waals surface area contributed by atoms with Gasteiger partial charge in [-0.25, -0.2) is 0 Å². The van der Waals surface area contributed by atoms with Crippen LogP contribution in [0.1, 0.15) is 30.4 Å². The highest BCUT2D eigenvalue weighted by Gasteiger charge is 2.35. The van der Waals surface area contributed by atoms with Crippen LogP contribution in [0.5, 0.6) is 0 Å². The zero-order chi connectivity index (χ0) is 16.2. The largest absolute Gasteiger partial charge is 0.339 e. The molecule has 2 saturated heterocycles. The maximum atomic E-state index is 12.8. The summed E-state index contributed by atoms with van der Waals surface area (Å²) in [5.41, 5.74) is 1.89. The molecule has 2 aliphatic heterocycles. The quantitative estimate of drug-likeness (QED) is 0.857. The summed E-state index contributed by atoms with van der Waals surface area (Å²) in [6.07, 6.45) is 2.30. The van der Waals surface area contributed by atoms with E-state index in [1.165, 1.54) is 5.56 Å². The minimum absolute atomic E-state index is 0.0980. The maximum absolute atomic E-state index is 12.8.